The van der Waals surface area contributed by atoms with E-state index in [2.05, 4.69) is 28.3 Å². The third kappa shape index (κ3) is 2.23. The van der Waals surface area contributed by atoms with Crippen molar-refractivity contribution < 1.29 is 4.79 Å². The van der Waals surface area contributed by atoms with E-state index in [0.29, 0.717) is 13.1 Å². The number of benzene rings is 1. The van der Waals surface area contributed by atoms with Crippen molar-refractivity contribution in [3.8, 4) is 11.3 Å². The molecule has 0 spiro atoms. The molecule has 3 aromatic heterocycles. The van der Waals surface area contributed by atoms with Crippen molar-refractivity contribution in [2.24, 2.45) is 0 Å². The molecule has 1 fully saturated rings. The van der Waals surface area contributed by atoms with Crippen molar-refractivity contribution in [2.75, 3.05) is 18.0 Å². The van der Waals surface area contributed by atoms with Crippen LogP contribution in [0.1, 0.15) is 5.56 Å². The molecule has 2 N–H and O–H groups in total. The monoisotopic (exact) mass is 343 g/mol. The van der Waals surface area contributed by atoms with E-state index in [-0.39, 0.29) is 6.03 Å². The maximum atomic E-state index is 12.0. The molecule has 4 heterocycles. The van der Waals surface area contributed by atoms with E-state index in [1.54, 1.807) is 11.1 Å². The molecule has 0 unspecified atom stereocenters. The van der Waals surface area contributed by atoms with Crippen molar-refractivity contribution in [3.05, 3.63) is 54.4 Å². The summed E-state index contributed by atoms with van der Waals surface area (Å²) in [5.74, 6) is 0. The van der Waals surface area contributed by atoms with Crippen LogP contribution in [0.15, 0.2) is 48.8 Å². The standard InChI is InChI=1S/C20H17N5O/c1-12-9-17(16-11-23-19-15(16)3-2-6-21-19)24-18-10-13(4-5-14(12)18)25-8-7-22-20(25)26/h2-6,9-11H,7-8H2,1H3,(H,21,23)(H,22,26). The van der Waals surface area contributed by atoms with Crippen LogP contribution in [-0.4, -0.2) is 34.1 Å². The second-order valence-electron chi connectivity index (χ2n) is 6.51. The maximum absolute atomic E-state index is 12.0. The van der Waals surface area contributed by atoms with E-state index >= 15 is 0 Å². The number of pyridine rings is 2. The van der Waals surface area contributed by atoms with Crippen molar-refractivity contribution in [3.63, 3.8) is 0 Å². The average molecular weight is 343 g/mol. The Labute approximate surface area is 149 Å². The number of rotatable bonds is 2. The van der Waals surface area contributed by atoms with E-state index in [9.17, 15) is 4.79 Å². The normalized spacial score (nSPS) is 14.3. The lowest BCUT2D eigenvalue weighted by Gasteiger charge is -2.15. The Morgan fingerprint density at radius 2 is 2.08 bits per heavy atom. The van der Waals surface area contributed by atoms with Gasteiger partial charge in [-0.05, 0) is 42.8 Å². The van der Waals surface area contributed by atoms with Gasteiger partial charge in [-0.15, -0.1) is 0 Å². The number of aromatic nitrogens is 3. The van der Waals surface area contributed by atoms with E-state index in [0.717, 1.165) is 44.4 Å². The Bertz CT molecular complexity index is 1160. The lowest BCUT2D eigenvalue weighted by atomic mass is 10.0. The fourth-order valence-corrected chi connectivity index (χ4v) is 3.58. The molecule has 0 bridgehead atoms. The highest BCUT2D eigenvalue weighted by Crippen LogP contribution is 2.31. The van der Waals surface area contributed by atoms with Crippen molar-refractivity contribution in [2.45, 2.75) is 6.92 Å². The molecule has 0 atom stereocenters. The third-order valence-corrected chi connectivity index (χ3v) is 4.90. The summed E-state index contributed by atoms with van der Waals surface area (Å²) in [5, 5.41) is 4.98. The summed E-state index contributed by atoms with van der Waals surface area (Å²) >= 11 is 0. The topological polar surface area (TPSA) is 73.9 Å². The zero-order valence-electron chi connectivity index (χ0n) is 14.3. The summed E-state index contributed by atoms with van der Waals surface area (Å²) in [6, 6.07) is 12.0. The molecule has 1 saturated heterocycles. The summed E-state index contributed by atoms with van der Waals surface area (Å²) in [5.41, 5.74) is 5.69. The number of anilines is 1. The van der Waals surface area contributed by atoms with Gasteiger partial charge in [-0.2, -0.15) is 0 Å². The lowest BCUT2D eigenvalue weighted by molar-refractivity contribution is 0.252. The Kier molecular flexibility index (Phi) is 3.18. The van der Waals surface area contributed by atoms with Gasteiger partial charge in [0.05, 0.1) is 11.2 Å². The maximum Gasteiger partial charge on any atom is 0.321 e. The minimum atomic E-state index is -0.0556. The number of aryl methyl sites for hydroxylation is 1. The molecular weight excluding hydrogens is 326 g/mol. The quantitative estimate of drug-likeness (QED) is 0.584. The van der Waals surface area contributed by atoms with Crippen LogP contribution in [0, 0.1) is 6.92 Å². The van der Waals surface area contributed by atoms with Crippen LogP contribution in [0.3, 0.4) is 0 Å². The minimum absolute atomic E-state index is 0.0556. The number of carbonyl (C=O) groups is 1. The van der Waals surface area contributed by atoms with Crippen LogP contribution < -0.4 is 10.2 Å². The van der Waals surface area contributed by atoms with Gasteiger partial charge in [-0.25, -0.2) is 14.8 Å². The van der Waals surface area contributed by atoms with Gasteiger partial charge in [0.15, 0.2) is 0 Å². The molecule has 4 aromatic rings. The smallest absolute Gasteiger partial charge is 0.321 e. The third-order valence-electron chi connectivity index (χ3n) is 4.90. The molecule has 1 aliphatic rings. The first-order valence-electron chi connectivity index (χ1n) is 8.60. The van der Waals surface area contributed by atoms with Gasteiger partial charge in [-0.3, -0.25) is 4.90 Å². The second kappa shape index (κ2) is 5.56. The number of nitrogens with zero attached hydrogens (tertiary/aromatic N) is 3. The highest BCUT2D eigenvalue weighted by atomic mass is 16.2. The minimum Gasteiger partial charge on any atom is -0.345 e. The first kappa shape index (κ1) is 14.9. The summed E-state index contributed by atoms with van der Waals surface area (Å²) in [6.07, 6.45) is 3.72. The molecule has 0 aliphatic carbocycles. The predicted octanol–water partition coefficient (Wildman–Crippen LogP) is 3.62. The van der Waals surface area contributed by atoms with Crippen LogP contribution in [0.4, 0.5) is 10.5 Å². The number of aromatic amines is 1. The van der Waals surface area contributed by atoms with Gasteiger partial charge >= 0.3 is 6.03 Å². The number of fused-ring (bicyclic) bond motifs is 2. The fraction of sp³-hybridized carbons (Fsp3) is 0.150. The summed E-state index contributed by atoms with van der Waals surface area (Å²) in [4.78, 5) is 26.1. The van der Waals surface area contributed by atoms with E-state index in [1.807, 2.05) is 36.5 Å². The van der Waals surface area contributed by atoms with Gasteiger partial charge in [0.1, 0.15) is 5.65 Å². The molecule has 0 radical (unpaired) electrons. The van der Waals surface area contributed by atoms with Crippen molar-refractivity contribution in [1.82, 2.24) is 20.3 Å². The first-order valence-corrected chi connectivity index (χ1v) is 8.60. The van der Waals surface area contributed by atoms with Gasteiger partial charge in [0, 0.05) is 47.5 Å². The van der Waals surface area contributed by atoms with Crippen LogP contribution in [0.2, 0.25) is 0 Å². The lowest BCUT2D eigenvalue weighted by Crippen LogP contribution is -2.27. The number of hydrogen-bond acceptors (Lipinski definition) is 3. The highest BCUT2D eigenvalue weighted by molar-refractivity contribution is 5.98. The Morgan fingerprint density at radius 3 is 2.92 bits per heavy atom. The molecule has 26 heavy (non-hydrogen) atoms. The number of urea groups is 1. The SMILES string of the molecule is Cc1cc(-c2c[nH]c3ncccc23)nc2cc(N3CCNC3=O)ccc12. The Hall–Kier alpha value is -3.41. The van der Waals surface area contributed by atoms with E-state index in [4.69, 9.17) is 4.98 Å². The molecular formula is C20H17N5O. The van der Waals surface area contributed by atoms with E-state index < -0.39 is 0 Å². The van der Waals surface area contributed by atoms with Gasteiger partial charge in [0.2, 0.25) is 0 Å². The first-order chi connectivity index (χ1) is 12.7. The summed E-state index contributed by atoms with van der Waals surface area (Å²) in [6.45, 7) is 3.44. The number of carbonyl (C=O) groups excluding carboxylic acids is 1. The Balaban J connectivity index is 1.68. The highest BCUT2D eigenvalue weighted by Gasteiger charge is 2.21. The molecule has 128 valence electrons. The largest absolute Gasteiger partial charge is 0.345 e. The number of hydrogen-bond donors (Lipinski definition) is 2. The number of H-pyrrole nitrogens is 1. The molecule has 6 nitrogen and oxygen atoms in total. The second-order valence-corrected chi connectivity index (χ2v) is 6.51. The zero-order chi connectivity index (χ0) is 17.7. The number of amides is 2. The van der Waals surface area contributed by atoms with Crippen LogP contribution in [0.5, 0.6) is 0 Å². The van der Waals surface area contributed by atoms with Gasteiger partial charge in [-0.1, -0.05) is 6.07 Å². The van der Waals surface area contributed by atoms with Crippen molar-refractivity contribution in [1.29, 1.82) is 0 Å². The number of nitrogens with one attached hydrogen (secondary N) is 2. The molecule has 5 rings (SSSR count). The van der Waals surface area contributed by atoms with Crippen LogP contribution in [-0.2, 0) is 0 Å². The summed E-state index contributed by atoms with van der Waals surface area (Å²) < 4.78 is 0. The zero-order valence-corrected chi connectivity index (χ0v) is 14.3. The predicted molar refractivity (Wildman–Crippen MR) is 102 cm³/mol. The fourth-order valence-electron chi connectivity index (χ4n) is 3.58. The molecule has 0 saturated carbocycles. The van der Waals surface area contributed by atoms with Gasteiger partial charge < -0.3 is 10.3 Å². The van der Waals surface area contributed by atoms with Crippen molar-refractivity contribution >= 4 is 33.7 Å². The van der Waals surface area contributed by atoms with Gasteiger partial charge in [0.25, 0.3) is 0 Å². The Morgan fingerprint density at radius 1 is 1.15 bits per heavy atom. The van der Waals surface area contributed by atoms with Crippen LogP contribution in [0.25, 0.3) is 33.2 Å². The average Bonchev–Trinajstić information content (AvgIpc) is 3.27. The van der Waals surface area contributed by atoms with Crippen LogP contribution >= 0.6 is 0 Å². The molecule has 1 aliphatic heterocycles. The summed E-state index contributed by atoms with van der Waals surface area (Å²) in [7, 11) is 0. The molecule has 6 heteroatoms. The van der Waals surface area contributed by atoms with E-state index in [1.165, 1.54) is 0 Å². The molecule has 2 amide bonds. The molecule has 1 aromatic carbocycles.